The number of hydrogen-bond donors (Lipinski definition) is 2. The maximum atomic E-state index is 10.6. The number of anilines is 1. The van der Waals surface area contributed by atoms with Crippen molar-refractivity contribution in [2.24, 2.45) is 5.92 Å². The van der Waals surface area contributed by atoms with Crippen LogP contribution >= 0.6 is 0 Å². The first kappa shape index (κ1) is 17.9. The van der Waals surface area contributed by atoms with E-state index in [-0.39, 0.29) is 0 Å². The molecule has 3 heterocycles. The highest BCUT2D eigenvalue weighted by Crippen LogP contribution is 2.29. The smallest absolute Gasteiger partial charge is 0.201 e. The highest BCUT2D eigenvalue weighted by Gasteiger charge is 2.22. The van der Waals surface area contributed by atoms with Gasteiger partial charge in [-0.1, -0.05) is 18.2 Å². The molecule has 1 aromatic carbocycles. The Bertz CT molecular complexity index is 972. The Morgan fingerprint density at radius 3 is 2.63 bits per heavy atom. The molecule has 0 radical (unpaired) electrons. The summed E-state index contributed by atoms with van der Waals surface area (Å²) in [6.45, 7) is 2.32. The fourth-order valence-electron chi connectivity index (χ4n) is 3.64. The van der Waals surface area contributed by atoms with Crippen molar-refractivity contribution >= 4 is 27.7 Å². The molecule has 0 amide bonds. The first-order valence-electron chi connectivity index (χ1n) is 9.09. The van der Waals surface area contributed by atoms with Crippen LogP contribution in [0.3, 0.4) is 0 Å². The third-order valence-electron chi connectivity index (χ3n) is 5.05. The number of thiol groups is 1. The predicted molar refractivity (Wildman–Crippen MR) is 105 cm³/mol. The van der Waals surface area contributed by atoms with E-state index in [0.717, 1.165) is 54.9 Å². The van der Waals surface area contributed by atoms with Gasteiger partial charge >= 0.3 is 0 Å². The molecular formula is C18H22N6O2S. The number of hydrogen-bond acceptors (Lipinski definition) is 6. The van der Waals surface area contributed by atoms with Gasteiger partial charge in [0.25, 0.3) is 0 Å². The van der Waals surface area contributed by atoms with Gasteiger partial charge in [-0.2, -0.15) is 5.10 Å². The molecule has 1 saturated heterocycles. The molecule has 0 unspecified atom stereocenters. The van der Waals surface area contributed by atoms with Gasteiger partial charge in [-0.3, -0.25) is 0 Å². The minimum Gasteiger partial charge on any atom is -0.356 e. The molecule has 0 spiro atoms. The minimum atomic E-state index is -2.50. The Labute approximate surface area is 159 Å². The summed E-state index contributed by atoms with van der Waals surface area (Å²) in [7, 11) is -2.50. The Morgan fingerprint density at radius 2 is 1.89 bits per heavy atom. The molecule has 0 bridgehead atoms. The molecular weight excluding hydrogens is 364 g/mol. The van der Waals surface area contributed by atoms with Crippen LogP contribution in [-0.4, -0.2) is 47.8 Å². The van der Waals surface area contributed by atoms with Crippen LogP contribution in [0.5, 0.6) is 0 Å². The zero-order valence-electron chi connectivity index (χ0n) is 14.9. The van der Waals surface area contributed by atoms with Crippen LogP contribution in [0.25, 0.3) is 16.7 Å². The van der Waals surface area contributed by atoms with Crippen molar-refractivity contribution in [3.8, 4) is 5.69 Å². The van der Waals surface area contributed by atoms with E-state index >= 15 is 0 Å². The standard InChI is InChI=1S/C18H22N6O2S/c25-27(26)22-9-6-14-7-10-23(11-8-14)17-16-12-21-24(18(16)20-13-19-17)15-4-2-1-3-5-15/h1-5,12-14,27H,6-11H2,(H,22,25,26). The molecule has 9 heteroatoms. The largest absolute Gasteiger partial charge is 0.356 e. The van der Waals surface area contributed by atoms with Gasteiger partial charge in [0.05, 0.1) is 17.3 Å². The van der Waals surface area contributed by atoms with Crippen LogP contribution < -0.4 is 9.62 Å². The number of aromatic nitrogens is 4. The van der Waals surface area contributed by atoms with E-state index < -0.39 is 10.9 Å². The van der Waals surface area contributed by atoms with Crippen molar-refractivity contribution in [2.45, 2.75) is 19.3 Å². The maximum absolute atomic E-state index is 10.6. The van der Waals surface area contributed by atoms with Gasteiger partial charge in [-0.25, -0.2) is 27.8 Å². The zero-order valence-corrected chi connectivity index (χ0v) is 15.8. The number of fused-ring (bicyclic) bond motifs is 1. The third-order valence-corrected chi connectivity index (χ3v) is 5.53. The molecule has 4 rings (SSSR count). The van der Waals surface area contributed by atoms with E-state index in [1.54, 1.807) is 6.33 Å². The van der Waals surface area contributed by atoms with Crippen LogP contribution in [0, 0.1) is 5.92 Å². The molecule has 1 N–H and O–H groups in total. The topological polar surface area (TPSA) is 93.0 Å². The molecule has 3 aromatic rings. The normalized spacial score (nSPS) is 15.7. The average Bonchev–Trinajstić information content (AvgIpc) is 3.13. The van der Waals surface area contributed by atoms with E-state index in [0.29, 0.717) is 12.5 Å². The minimum absolute atomic E-state index is 0.519. The summed E-state index contributed by atoms with van der Waals surface area (Å²) in [5.74, 6) is 1.45. The van der Waals surface area contributed by atoms with Crippen molar-refractivity contribution < 1.29 is 8.42 Å². The third kappa shape index (κ3) is 3.93. The number of nitrogens with zero attached hydrogens (tertiary/aromatic N) is 5. The van der Waals surface area contributed by atoms with Crippen molar-refractivity contribution in [1.29, 1.82) is 0 Å². The first-order valence-corrected chi connectivity index (χ1v) is 10.3. The first-order chi connectivity index (χ1) is 13.2. The lowest BCUT2D eigenvalue weighted by Crippen LogP contribution is -2.35. The van der Waals surface area contributed by atoms with E-state index in [1.807, 2.05) is 41.2 Å². The van der Waals surface area contributed by atoms with Gasteiger partial charge in [-0.15, -0.1) is 0 Å². The van der Waals surface area contributed by atoms with Crippen LogP contribution in [0.15, 0.2) is 42.9 Å². The molecule has 0 atom stereocenters. The predicted octanol–water partition coefficient (Wildman–Crippen LogP) is 1.54. The summed E-state index contributed by atoms with van der Waals surface area (Å²) < 4.78 is 25.5. The summed E-state index contributed by atoms with van der Waals surface area (Å²) >= 11 is 0. The lowest BCUT2D eigenvalue weighted by Gasteiger charge is -2.32. The highest BCUT2D eigenvalue weighted by molar-refractivity contribution is 7.70. The fourth-order valence-corrected chi connectivity index (χ4v) is 3.95. The van der Waals surface area contributed by atoms with Gasteiger partial charge < -0.3 is 4.90 Å². The monoisotopic (exact) mass is 386 g/mol. The number of piperidine rings is 1. The Hall–Kier alpha value is -2.52. The molecule has 0 aliphatic carbocycles. The molecule has 8 nitrogen and oxygen atoms in total. The summed E-state index contributed by atoms with van der Waals surface area (Å²) in [6, 6.07) is 9.94. The molecule has 1 aliphatic heterocycles. The molecule has 1 aliphatic rings. The van der Waals surface area contributed by atoms with Gasteiger partial charge in [0.1, 0.15) is 12.1 Å². The SMILES string of the molecule is O=[SH](=O)NCCC1CCN(c2ncnc3c2cnn3-c2ccccc2)CC1. The summed E-state index contributed by atoms with van der Waals surface area (Å²) in [5.41, 5.74) is 1.77. The van der Waals surface area contributed by atoms with Gasteiger partial charge in [0.15, 0.2) is 5.65 Å². The fraction of sp³-hybridized carbons (Fsp3) is 0.389. The van der Waals surface area contributed by atoms with E-state index in [2.05, 4.69) is 24.7 Å². The molecule has 1 fully saturated rings. The second kappa shape index (κ2) is 8.01. The summed E-state index contributed by atoms with van der Waals surface area (Å²) in [4.78, 5) is 11.2. The molecule has 0 saturated carbocycles. The van der Waals surface area contributed by atoms with Crippen LogP contribution in [0.4, 0.5) is 5.82 Å². The second-order valence-electron chi connectivity index (χ2n) is 6.71. The summed E-state index contributed by atoms with van der Waals surface area (Å²) in [5, 5.41) is 5.46. The van der Waals surface area contributed by atoms with E-state index in [4.69, 9.17) is 0 Å². The van der Waals surface area contributed by atoms with Gasteiger partial charge in [-0.05, 0) is 37.3 Å². The van der Waals surface area contributed by atoms with Crippen LogP contribution in [0.2, 0.25) is 0 Å². The van der Waals surface area contributed by atoms with Crippen molar-refractivity contribution in [3.63, 3.8) is 0 Å². The van der Waals surface area contributed by atoms with Crippen molar-refractivity contribution in [2.75, 3.05) is 24.5 Å². The Kier molecular flexibility index (Phi) is 5.30. The van der Waals surface area contributed by atoms with E-state index in [9.17, 15) is 8.42 Å². The molecule has 142 valence electrons. The van der Waals surface area contributed by atoms with Crippen LogP contribution in [-0.2, 0) is 10.9 Å². The van der Waals surface area contributed by atoms with Crippen molar-refractivity contribution in [3.05, 3.63) is 42.9 Å². The maximum Gasteiger partial charge on any atom is 0.201 e. The Morgan fingerprint density at radius 1 is 1.11 bits per heavy atom. The lowest BCUT2D eigenvalue weighted by molar-refractivity contribution is 0.381. The van der Waals surface area contributed by atoms with Crippen molar-refractivity contribution in [1.82, 2.24) is 24.5 Å². The highest BCUT2D eigenvalue weighted by atomic mass is 32.2. The second-order valence-corrected chi connectivity index (χ2v) is 7.54. The average molecular weight is 386 g/mol. The Balaban J connectivity index is 1.50. The number of para-hydroxylation sites is 1. The number of benzene rings is 1. The summed E-state index contributed by atoms with van der Waals surface area (Å²) in [6.07, 6.45) is 6.35. The molecule has 2 aromatic heterocycles. The van der Waals surface area contributed by atoms with Gasteiger partial charge in [0, 0.05) is 19.6 Å². The zero-order chi connectivity index (χ0) is 18.6. The lowest BCUT2D eigenvalue weighted by atomic mass is 9.93. The quantitative estimate of drug-likeness (QED) is 0.624. The van der Waals surface area contributed by atoms with Gasteiger partial charge in [0.2, 0.25) is 10.9 Å². The van der Waals surface area contributed by atoms with Crippen LogP contribution in [0.1, 0.15) is 19.3 Å². The van der Waals surface area contributed by atoms with E-state index in [1.165, 1.54) is 0 Å². The number of rotatable bonds is 6. The number of nitrogens with one attached hydrogen (secondary N) is 1. The molecule has 27 heavy (non-hydrogen) atoms.